The zero-order valence-corrected chi connectivity index (χ0v) is 37.7. The minimum atomic E-state index is 0.893. The highest BCUT2D eigenvalue weighted by molar-refractivity contribution is 6.11. The molecule has 0 fully saturated rings. The summed E-state index contributed by atoms with van der Waals surface area (Å²) in [7, 11) is 0. The molecule has 2 heterocycles. The lowest BCUT2D eigenvalue weighted by Gasteiger charge is -2.31. The molecule has 0 saturated heterocycles. The lowest BCUT2D eigenvalue weighted by atomic mass is 9.91. The molecule has 13 rings (SSSR count). The van der Waals surface area contributed by atoms with Gasteiger partial charge in [0.15, 0.2) is 0 Å². The summed E-state index contributed by atoms with van der Waals surface area (Å²) >= 11 is 0. The molecular weight excluding hydrogens is 837 g/mol. The average molecular weight is 881 g/mol. The Morgan fingerprint density at radius 3 is 1.36 bits per heavy atom. The third kappa shape index (κ3) is 6.82. The van der Waals surface area contributed by atoms with Gasteiger partial charge in [-0.15, -0.1) is 0 Å². The number of fused-ring (bicyclic) bond motifs is 6. The van der Waals surface area contributed by atoms with Crippen molar-refractivity contribution in [2.45, 2.75) is 0 Å². The van der Waals surface area contributed by atoms with Gasteiger partial charge in [0.2, 0.25) is 0 Å². The van der Waals surface area contributed by atoms with Crippen LogP contribution in [0.15, 0.2) is 271 Å². The number of hydrogen-bond donors (Lipinski definition) is 0. The SMILES string of the molecule is c1ccc(-c2ccccc2-c2ccccc2N(c2ccc(-c3cccc4c3oc3ccccc34)cc2)c2ccccc2-c2ccccc2-c2ccccc2-n2c3ccccc3c3ccccc32)cc1. The largest absolute Gasteiger partial charge is 0.455 e. The summed E-state index contributed by atoms with van der Waals surface area (Å²) in [6, 6.07) is 96.2. The summed E-state index contributed by atoms with van der Waals surface area (Å²) in [5.74, 6) is 0. The number of nitrogens with zero attached hydrogens (tertiary/aromatic N) is 2. The van der Waals surface area contributed by atoms with E-state index in [2.05, 4.69) is 264 Å². The van der Waals surface area contributed by atoms with Gasteiger partial charge in [0.1, 0.15) is 11.2 Å². The van der Waals surface area contributed by atoms with E-state index in [0.717, 1.165) is 89.2 Å². The minimum absolute atomic E-state index is 0.893. The fraction of sp³-hybridized carbons (Fsp3) is 0. The van der Waals surface area contributed by atoms with Gasteiger partial charge in [-0.2, -0.15) is 0 Å². The first-order chi connectivity index (χ1) is 34.3. The van der Waals surface area contributed by atoms with E-state index in [0.29, 0.717) is 0 Å². The molecule has 0 N–H and O–H groups in total. The molecule has 0 aliphatic rings. The van der Waals surface area contributed by atoms with Crippen molar-refractivity contribution >= 4 is 60.8 Å². The van der Waals surface area contributed by atoms with Gasteiger partial charge < -0.3 is 13.9 Å². The Morgan fingerprint density at radius 1 is 0.275 bits per heavy atom. The van der Waals surface area contributed by atoms with Gasteiger partial charge in [-0.1, -0.05) is 218 Å². The molecule has 0 saturated carbocycles. The van der Waals surface area contributed by atoms with Crippen LogP contribution in [0.1, 0.15) is 0 Å². The molecule has 2 aromatic heterocycles. The number of rotatable bonds is 9. The van der Waals surface area contributed by atoms with Crippen LogP contribution in [0.25, 0.3) is 105 Å². The Balaban J connectivity index is 1.02. The average Bonchev–Trinajstić information content (AvgIpc) is 3.98. The minimum Gasteiger partial charge on any atom is -0.455 e. The zero-order valence-electron chi connectivity index (χ0n) is 37.7. The van der Waals surface area contributed by atoms with Crippen molar-refractivity contribution in [1.29, 1.82) is 0 Å². The monoisotopic (exact) mass is 880 g/mol. The molecule has 324 valence electrons. The molecule has 0 amide bonds. The molecule has 0 spiro atoms. The molecule has 0 radical (unpaired) electrons. The van der Waals surface area contributed by atoms with E-state index in [4.69, 9.17) is 4.42 Å². The van der Waals surface area contributed by atoms with E-state index in [1.165, 1.54) is 32.9 Å². The van der Waals surface area contributed by atoms with Crippen molar-refractivity contribution in [1.82, 2.24) is 4.57 Å². The van der Waals surface area contributed by atoms with Crippen molar-refractivity contribution in [3.05, 3.63) is 267 Å². The molecule has 11 aromatic carbocycles. The summed E-state index contributed by atoms with van der Waals surface area (Å²) in [6.45, 7) is 0. The van der Waals surface area contributed by atoms with Crippen LogP contribution in [-0.2, 0) is 0 Å². The Bertz CT molecular complexity index is 3970. The lowest BCUT2D eigenvalue weighted by molar-refractivity contribution is 0.670. The number of para-hydroxylation sites is 7. The van der Waals surface area contributed by atoms with Crippen molar-refractivity contribution < 1.29 is 4.42 Å². The molecule has 13 aromatic rings. The van der Waals surface area contributed by atoms with Crippen LogP contribution in [0.5, 0.6) is 0 Å². The highest BCUT2D eigenvalue weighted by Crippen LogP contribution is 2.49. The van der Waals surface area contributed by atoms with E-state index >= 15 is 0 Å². The van der Waals surface area contributed by atoms with Crippen molar-refractivity contribution in [2.24, 2.45) is 0 Å². The van der Waals surface area contributed by atoms with Gasteiger partial charge in [-0.05, 0) is 81.9 Å². The molecule has 0 aliphatic heterocycles. The van der Waals surface area contributed by atoms with Crippen LogP contribution >= 0.6 is 0 Å². The summed E-state index contributed by atoms with van der Waals surface area (Å²) in [6.07, 6.45) is 0. The first kappa shape index (κ1) is 40.1. The zero-order chi connectivity index (χ0) is 45.7. The standard InChI is InChI=1S/C66H44N2O/c1-2-21-45(22-3-1)48-23-4-5-24-50(48)53-27-8-14-35-60(53)67(47-43-41-46(42-44-47)49-33-20-34-59-58-32-13-19-40-65(58)69-66(49)59)61-36-15-9-28-54(61)51-25-6-7-26-52(51)55-29-10-16-37-62(55)68-63-38-17-11-30-56(63)57-31-12-18-39-64(57)68/h1-44H. The first-order valence-corrected chi connectivity index (χ1v) is 23.6. The molecule has 0 aliphatic carbocycles. The fourth-order valence-electron chi connectivity index (χ4n) is 10.6. The molecule has 0 atom stereocenters. The van der Waals surface area contributed by atoms with Gasteiger partial charge in [0.05, 0.1) is 28.1 Å². The highest BCUT2D eigenvalue weighted by Gasteiger charge is 2.24. The smallest absolute Gasteiger partial charge is 0.143 e. The molecule has 3 nitrogen and oxygen atoms in total. The quantitative estimate of drug-likeness (QED) is 0.144. The van der Waals surface area contributed by atoms with Crippen LogP contribution in [-0.4, -0.2) is 4.57 Å². The lowest BCUT2D eigenvalue weighted by Crippen LogP contribution is -2.12. The molecule has 3 heteroatoms. The fourth-order valence-corrected chi connectivity index (χ4v) is 10.6. The van der Waals surface area contributed by atoms with Crippen molar-refractivity contribution in [3.8, 4) is 61.3 Å². The number of benzene rings is 11. The molecule has 69 heavy (non-hydrogen) atoms. The van der Waals surface area contributed by atoms with Crippen LogP contribution in [0.4, 0.5) is 17.1 Å². The van der Waals surface area contributed by atoms with E-state index < -0.39 is 0 Å². The Morgan fingerprint density at radius 2 is 0.710 bits per heavy atom. The van der Waals surface area contributed by atoms with Crippen LogP contribution in [0.3, 0.4) is 0 Å². The van der Waals surface area contributed by atoms with Gasteiger partial charge in [0, 0.05) is 49.5 Å². The number of hydrogen-bond acceptors (Lipinski definition) is 2. The maximum atomic E-state index is 6.54. The van der Waals surface area contributed by atoms with Crippen LogP contribution in [0, 0.1) is 0 Å². The van der Waals surface area contributed by atoms with Crippen molar-refractivity contribution in [3.63, 3.8) is 0 Å². The maximum absolute atomic E-state index is 6.54. The Labute approximate surface area is 401 Å². The number of aromatic nitrogens is 1. The molecule has 0 bridgehead atoms. The normalized spacial score (nSPS) is 11.5. The molecule has 0 unspecified atom stereocenters. The van der Waals surface area contributed by atoms with Crippen LogP contribution in [0.2, 0.25) is 0 Å². The highest BCUT2D eigenvalue weighted by atomic mass is 16.3. The maximum Gasteiger partial charge on any atom is 0.143 e. The number of anilines is 3. The predicted octanol–water partition coefficient (Wildman–Crippen LogP) is 18.5. The Kier molecular flexibility index (Phi) is 9.84. The van der Waals surface area contributed by atoms with E-state index in [1.807, 2.05) is 12.1 Å². The Hall–Kier alpha value is -9.18. The van der Waals surface area contributed by atoms with Gasteiger partial charge in [-0.3, -0.25) is 0 Å². The van der Waals surface area contributed by atoms with Gasteiger partial charge in [0.25, 0.3) is 0 Å². The third-order valence-electron chi connectivity index (χ3n) is 13.7. The summed E-state index contributed by atoms with van der Waals surface area (Å²) in [4.78, 5) is 2.45. The topological polar surface area (TPSA) is 21.3 Å². The first-order valence-electron chi connectivity index (χ1n) is 23.6. The summed E-state index contributed by atoms with van der Waals surface area (Å²) in [5, 5.41) is 4.72. The second-order valence-electron chi connectivity index (χ2n) is 17.5. The van der Waals surface area contributed by atoms with Crippen LogP contribution < -0.4 is 4.90 Å². The van der Waals surface area contributed by atoms with Gasteiger partial charge >= 0.3 is 0 Å². The van der Waals surface area contributed by atoms with E-state index in [-0.39, 0.29) is 0 Å². The van der Waals surface area contributed by atoms with Crippen molar-refractivity contribution in [2.75, 3.05) is 4.90 Å². The number of furan rings is 1. The summed E-state index contributed by atoms with van der Waals surface area (Å²) in [5.41, 5.74) is 19.8. The second kappa shape index (κ2) is 16.9. The third-order valence-corrected chi connectivity index (χ3v) is 13.7. The van der Waals surface area contributed by atoms with E-state index in [1.54, 1.807) is 0 Å². The predicted molar refractivity (Wildman–Crippen MR) is 290 cm³/mol. The van der Waals surface area contributed by atoms with E-state index in [9.17, 15) is 0 Å². The second-order valence-corrected chi connectivity index (χ2v) is 17.5. The summed E-state index contributed by atoms with van der Waals surface area (Å²) < 4.78 is 8.97. The molecular formula is C66H44N2O. The van der Waals surface area contributed by atoms with Gasteiger partial charge in [-0.25, -0.2) is 0 Å².